The fourth-order valence-electron chi connectivity index (χ4n) is 3.65. The first-order chi connectivity index (χ1) is 17.4. The second-order valence-corrected chi connectivity index (χ2v) is 8.61. The maximum Gasteiger partial charge on any atom is 0.416 e. The van der Waals surface area contributed by atoms with Gasteiger partial charge < -0.3 is 5.11 Å². The summed E-state index contributed by atoms with van der Waals surface area (Å²) in [5.41, 5.74) is 0.969. The zero-order valence-electron chi connectivity index (χ0n) is 18.7. The largest absolute Gasteiger partial charge is 0.478 e. The Labute approximate surface area is 209 Å². The lowest BCUT2D eigenvalue weighted by atomic mass is 9.96. The van der Waals surface area contributed by atoms with Crippen LogP contribution >= 0.6 is 11.3 Å². The van der Waals surface area contributed by atoms with Crippen molar-refractivity contribution in [3.63, 3.8) is 0 Å². The molecular formula is C25H16F6N2O3S. The number of nitrogens with one attached hydrogen (secondary N) is 1. The van der Waals surface area contributed by atoms with Gasteiger partial charge in [0.25, 0.3) is 0 Å². The number of anilines is 1. The maximum atomic E-state index is 13.2. The van der Waals surface area contributed by atoms with Crippen molar-refractivity contribution in [3.8, 4) is 33.0 Å². The third-order valence-corrected chi connectivity index (χ3v) is 6.21. The van der Waals surface area contributed by atoms with Crippen LogP contribution in [-0.4, -0.2) is 23.2 Å². The van der Waals surface area contributed by atoms with Gasteiger partial charge in [-0.15, -0.1) is 11.3 Å². The van der Waals surface area contributed by atoms with Crippen LogP contribution in [0.15, 0.2) is 66.0 Å². The molecule has 192 valence electrons. The molecule has 0 radical (unpaired) electrons. The van der Waals surface area contributed by atoms with Crippen molar-refractivity contribution in [1.82, 2.24) is 4.98 Å². The Hall–Kier alpha value is -3.90. The highest BCUT2D eigenvalue weighted by Crippen LogP contribution is 2.40. The minimum absolute atomic E-state index is 0.0465. The first-order valence-electron chi connectivity index (χ1n) is 10.4. The molecule has 0 saturated carbocycles. The van der Waals surface area contributed by atoms with Gasteiger partial charge >= 0.3 is 18.3 Å². The first-order valence-corrected chi connectivity index (χ1v) is 11.3. The second-order valence-electron chi connectivity index (χ2n) is 7.75. The number of thiazole rings is 1. The Morgan fingerprint density at radius 2 is 1.54 bits per heavy atom. The number of alkyl halides is 6. The van der Waals surface area contributed by atoms with Crippen LogP contribution in [-0.2, 0) is 17.2 Å². The summed E-state index contributed by atoms with van der Waals surface area (Å²) in [7, 11) is 1.40. The predicted molar refractivity (Wildman–Crippen MR) is 126 cm³/mol. The molecule has 0 aliphatic carbocycles. The zero-order valence-corrected chi connectivity index (χ0v) is 19.6. The summed E-state index contributed by atoms with van der Waals surface area (Å²) < 4.78 is 79.5. The van der Waals surface area contributed by atoms with Gasteiger partial charge in [-0.2, -0.15) is 26.3 Å². The molecule has 5 nitrogen and oxygen atoms in total. The standard InChI is InChI=1S/C25H16F6N2O3S/c1-36-33-20-5-3-2-4-18(20)17-7-6-13(10-19(17)23(34)35)22-32-21(12-37-22)14-8-15(24(26,27)28)11-16(9-14)25(29,30)31/h2-12,33H,1H3,(H,34,35). The van der Waals surface area contributed by atoms with Crippen molar-refractivity contribution in [1.29, 1.82) is 0 Å². The minimum Gasteiger partial charge on any atom is -0.478 e. The minimum atomic E-state index is -4.99. The normalized spacial score (nSPS) is 12.0. The molecule has 0 unspecified atom stereocenters. The smallest absolute Gasteiger partial charge is 0.416 e. The quantitative estimate of drug-likeness (QED) is 0.193. The summed E-state index contributed by atoms with van der Waals surface area (Å²) in [6, 6.07) is 12.5. The number of nitrogens with zero attached hydrogens (tertiary/aromatic N) is 1. The molecule has 0 fully saturated rings. The second kappa shape index (κ2) is 9.87. The topological polar surface area (TPSA) is 71.5 Å². The Morgan fingerprint density at radius 1 is 0.892 bits per heavy atom. The summed E-state index contributed by atoms with van der Waals surface area (Å²) in [6.07, 6.45) is -9.98. The molecule has 4 aromatic rings. The molecule has 2 N–H and O–H groups in total. The van der Waals surface area contributed by atoms with E-state index in [9.17, 15) is 36.2 Å². The summed E-state index contributed by atoms with van der Waals surface area (Å²) in [4.78, 5) is 21.2. The average molecular weight is 538 g/mol. The molecule has 0 aliphatic heterocycles. The molecule has 1 aromatic heterocycles. The van der Waals surface area contributed by atoms with Crippen molar-refractivity contribution in [2.75, 3.05) is 12.6 Å². The molecular weight excluding hydrogens is 522 g/mol. The highest BCUT2D eigenvalue weighted by Gasteiger charge is 2.37. The third-order valence-electron chi connectivity index (χ3n) is 5.31. The fraction of sp³-hybridized carbons (Fsp3) is 0.120. The van der Waals surface area contributed by atoms with E-state index in [0.29, 0.717) is 34.5 Å². The lowest BCUT2D eigenvalue weighted by molar-refractivity contribution is -0.143. The van der Waals surface area contributed by atoms with Crippen molar-refractivity contribution in [3.05, 3.63) is 82.7 Å². The number of para-hydroxylation sites is 1. The van der Waals surface area contributed by atoms with Crippen molar-refractivity contribution in [2.24, 2.45) is 0 Å². The highest BCUT2D eigenvalue weighted by atomic mass is 32.1. The molecule has 37 heavy (non-hydrogen) atoms. The number of carboxylic acids is 1. The van der Waals surface area contributed by atoms with E-state index in [1.54, 1.807) is 36.4 Å². The number of aromatic nitrogens is 1. The van der Waals surface area contributed by atoms with Crippen LogP contribution in [0.1, 0.15) is 21.5 Å². The maximum absolute atomic E-state index is 13.2. The number of carbonyl (C=O) groups is 1. The Morgan fingerprint density at radius 3 is 2.14 bits per heavy atom. The van der Waals surface area contributed by atoms with Crippen molar-refractivity contribution >= 4 is 23.0 Å². The SMILES string of the molecule is CONc1ccccc1-c1ccc(-c2nc(-c3cc(C(F)(F)F)cc(C(F)(F)F)c3)cs2)cc1C(=O)O. The Kier molecular flexibility index (Phi) is 6.98. The molecule has 0 spiro atoms. The summed E-state index contributed by atoms with van der Waals surface area (Å²) >= 11 is 0.959. The van der Waals surface area contributed by atoms with Crippen LogP contribution in [0.2, 0.25) is 0 Å². The van der Waals surface area contributed by atoms with Crippen LogP contribution < -0.4 is 5.48 Å². The third kappa shape index (κ3) is 5.59. The van der Waals surface area contributed by atoms with Crippen LogP contribution in [0.25, 0.3) is 33.0 Å². The van der Waals surface area contributed by atoms with Gasteiger partial charge in [0.15, 0.2) is 0 Å². The molecule has 0 aliphatic rings. The molecule has 0 amide bonds. The summed E-state index contributed by atoms with van der Waals surface area (Å²) in [6.45, 7) is 0. The number of benzene rings is 3. The predicted octanol–water partition coefficient (Wildman–Crippen LogP) is 7.85. The molecule has 12 heteroatoms. The number of halogens is 6. The van der Waals surface area contributed by atoms with E-state index in [1.807, 2.05) is 0 Å². The molecule has 0 atom stereocenters. The molecule has 0 bridgehead atoms. The van der Waals surface area contributed by atoms with Gasteiger partial charge in [-0.25, -0.2) is 9.78 Å². The first kappa shape index (κ1) is 26.2. The van der Waals surface area contributed by atoms with Crippen LogP contribution in [0.5, 0.6) is 0 Å². The highest BCUT2D eigenvalue weighted by molar-refractivity contribution is 7.13. The van der Waals surface area contributed by atoms with Crippen LogP contribution in [0.3, 0.4) is 0 Å². The summed E-state index contributed by atoms with van der Waals surface area (Å²) in [5, 5.41) is 11.4. The summed E-state index contributed by atoms with van der Waals surface area (Å²) in [5.74, 6) is -1.24. The molecule has 3 aromatic carbocycles. The average Bonchev–Trinajstić information content (AvgIpc) is 3.33. The van der Waals surface area contributed by atoms with E-state index in [4.69, 9.17) is 4.84 Å². The number of hydrogen-bond acceptors (Lipinski definition) is 5. The van der Waals surface area contributed by atoms with Crippen LogP contribution in [0, 0.1) is 0 Å². The monoisotopic (exact) mass is 538 g/mol. The fourth-order valence-corrected chi connectivity index (χ4v) is 4.47. The molecule has 0 saturated heterocycles. The zero-order chi connectivity index (χ0) is 27.0. The van der Waals surface area contributed by atoms with E-state index >= 15 is 0 Å². The van der Waals surface area contributed by atoms with Gasteiger partial charge in [0.2, 0.25) is 0 Å². The van der Waals surface area contributed by atoms with E-state index in [2.05, 4.69) is 10.5 Å². The van der Waals surface area contributed by atoms with Gasteiger partial charge in [-0.3, -0.25) is 10.3 Å². The van der Waals surface area contributed by atoms with Gasteiger partial charge in [0.05, 0.1) is 35.2 Å². The number of aromatic carboxylic acids is 1. The lowest BCUT2D eigenvalue weighted by Crippen LogP contribution is -2.11. The molecule has 4 rings (SSSR count). The van der Waals surface area contributed by atoms with Crippen molar-refractivity contribution in [2.45, 2.75) is 12.4 Å². The van der Waals surface area contributed by atoms with Gasteiger partial charge in [-0.1, -0.05) is 30.3 Å². The number of hydrogen-bond donors (Lipinski definition) is 2. The Bertz CT molecular complexity index is 1430. The van der Waals surface area contributed by atoms with E-state index < -0.39 is 29.4 Å². The Balaban J connectivity index is 1.78. The van der Waals surface area contributed by atoms with Crippen molar-refractivity contribution < 1.29 is 41.1 Å². The number of rotatable bonds is 6. The van der Waals surface area contributed by atoms with E-state index in [-0.39, 0.29) is 27.9 Å². The van der Waals surface area contributed by atoms with Gasteiger partial charge in [0, 0.05) is 22.1 Å². The van der Waals surface area contributed by atoms with E-state index in [1.165, 1.54) is 18.6 Å². The number of carboxylic acid groups (broad SMARTS) is 1. The molecule has 1 heterocycles. The van der Waals surface area contributed by atoms with Gasteiger partial charge in [0.1, 0.15) is 5.01 Å². The lowest BCUT2D eigenvalue weighted by Gasteiger charge is -2.13. The van der Waals surface area contributed by atoms with E-state index in [0.717, 1.165) is 11.3 Å². The van der Waals surface area contributed by atoms with Gasteiger partial charge in [-0.05, 0) is 35.9 Å². The van der Waals surface area contributed by atoms with Crippen LogP contribution in [0.4, 0.5) is 32.0 Å².